The van der Waals surface area contributed by atoms with Gasteiger partial charge in [0.2, 0.25) is 0 Å². The van der Waals surface area contributed by atoms with Crippen LogP contribution in [-0.2, 0) is 0 Å². The highest BCUT2D eigenvalue weighted by atomic mass is 15.1. The maximum atomic E-state index is 4.60. The number of hydrogen-bond acceptors (Lipinski definition) is 5. The van der Waals surface area contributed by atoms with Gasteiger partial charge in [0, 0.05) is 12.7 Å². The van der Waals surface area contributed by atoms with Gasteiger partial charge in [-0.3, -0.25) is 0 Å². The molecule has 3 rings (SSSR count). The maximum Gasteiger partial charge on any atom is 0.180 e. The largest absolute Gasteiger partial charge is 0.367 e. The molecule has 0 bridgehead atoms. The molecule has 1 N–H and O–H groups in total. The molecule has 0 saturated carbocycles. The first-order valence-electron chi connectivity index (χ1n) is 7.70. The van der Waals surface area contributed by atoms with E-state index < -0.39 is 0 Å². The molecule has 0 aliphatic rings. The molecule has 0 radical (unpaired) electrons. The van der Waals surface area contributed by atoms with Crippen molar-refractivity contribution < 1.29 is 0 Å². The average Bonchev–Trinajstić information content (AvgIpc) is 2.56. The molecule has 0 saturated heterocycles. The fourth-order valence-electron chi connectivity index (χ4n) is 2.62. The minimum absolute atomic E-state index is 0.261. The number of aryl methyl sites for hydroxylation is 1. The summed E-state index contributed by atoms with van der Waals surface area (Å²) in [6.07, 6.45) is 1.74. The van der Waals surface area contributed by atoms with Gasteiger partial charge in [0.05, 0.1) is 11.7 Å². The normalized spacial score (nSPS) is 12.5. The number of hydrogen-bond donors (Lipinski definition) is 1. The van der Waals surface area contributed by atoms with E-state index in [2.05, 4.69) is 63.5 Å². The van der Waals surface area contributed by atoms with Gasteiger partial charge >= 0.3 is 0 Å². The molecule has 5 heteroatoms. The molecule has 2 heterocycles. The highest BCUT2D eigenvalue weighted by Gasteiger charge is 2.15. The van der Waals surface area contributed by atoms with Crippen LogP contribution in [0.2, 0.25) is 0 Å². The van der Waals surface area contributed by atoms with Crippen LogP contribution in [0.15, 0.2) is 48.7 Å². The summed E-state index contributed by atoms with van der Waals surface area (Å²) in [5, 5.41) is 3.43. The molecule has 1 aromatic carbocycles. The molecule has 23 heavy (non-hydrogen) atoms. The van der Waals surface area contributed by atoms with Crippen molar-refractivity contribution in [2.75, 3.05) is 26.0 Å². The molecule has 0 aliphatic carbocycles. The maximum absolute atomic E-state index is 4.60. The van der Waals surface area contributed by atoms with Crippen LogP contribution in [0, 0.1) is 6.92 Å². The summed E-state index contributed by atoms with van der Waals surface area (Å²) in [7, 11) is 4.17. The second-order valence-corrected chi connectivity index (χ2v) is 5.77. The molecule has 0 amide bonds. The van der Waals surface area contributed by atoms with Crippen LogP contribution in [0.3, 0.4) is 0 Å². The molecular formula is C18H21N5. The fourth-order valence-corrected chi connectivity index (χ4v) is 2.62. The fraction of sp³-hybridized carbons (Fsp3) is 0.278. The van der Waals surface area contributed by atoms with E-state index in [1.54, 1.807) is 6.20 Å². The van der Waals surface area contributed by atoms with Crippen molar-refractivity contribution in [2.45, 2.75) is 13.0 Å². The van der Waals surface area contributed by atoms with Crippen LogP contribution in [0.5, 0.6) is 0 Å². The lowest BCUT2D eigenvalue weighted by molar-refractivity contribution is 0.311. The van der Waals surface area contributed by atoms with Gasteiger partial charge in [-0.1, -0.05) is 30.3 Å². The number of nitrogens with zero attached hydrogens (tertiary/aromatic N) is 4. The summed E-state index contributed by atoms with van der Waals surface area (Å²) in [5.74, 6) is 0.791. The highest BCUT2D eigenvalue weighted by Crippen LogP contribution is 2.20. The highest BCUT2D eigenvalue weighted by molar-refractivity contribution is 5.71. The van der Waals surface area contributed by atoms with Crippen molar-refractivity contribution in [1.82, 2.24) is 19.9 Å². The van der Waals surface area contributed by atoms with Crippen LogP contribution in [0.25, 0.3) is 11.2 Å². The Bertz CT molecular complexity index is 786. The van der Waals surface area contributed by atoms with Crippen molar-refractivity contribution in [3.05, 3.63) is 59.9 Å². The molecule has 118 valence electrons. The van der Waals surface area contributed by atoms with E-state index in [1.165, 1.54) is 5.56 Å². The number of aromatic nitrogens is 3. The topological polar surface area (TPSA) is 53.9 Å². The number of fused-ring (bicyclic) bond motifs is 1. The summed E-state index contributed by atoms with van der Waals surface area (Å²) in [6, 6.07) is 14.5. The predicted molar refractivity (Wildman–Crippen MR) is 93.4 cm³/mol. The third kappa shape index (κ3) is 3.46. The third-order valence-electron chi connectivity index (χ3n) is 3.89. The van der Waals surface area contributed by atoms with Gasteiger partial charge in [0.15, 0.2) is 5.65 Å². The molecule has 0 spiro atoms. The van der Waals surface area contributed by atoms with Crippen LogP contribution < -0.4 is 5.32 Å². The standard InChI is InChI=1S/C18H21N5/c1-13-17(22-18-15(21-13)10-7-11-19-18)20-12-16(23(2)3)14-8-5-4-6-9-14/h4-11,16H,12H2,1-3H3,(H,19,20,22). The van der Waals surface area contributed by atoms with Crippen LogP contribution >= 0.6 is 0 Å². The van der Waals surface area contributed by atoms with Gasteiger partial charge in [-0.05, 0) is 38.7 Å². The Morgan fingerprint density at radius 2 is 1.83 bits per heavy atom. The summed E-state index contributed by atoms with van der Waals surface area (Å²) >= 11 is 0. The second kappa shape index (κ2) is 6.71. The Hall–Kier alpha value is -2.53. The van der Waals surface area contributed by atoms with Crippen LogP contribution in [0.1, 0.15) is 17.3 Å². The Morgan fingerprint density at radius 1 is 1.04 bits per heavy atom. The molecule has 1 unspecified atom stereocenters. The van der Waals surface area contributed by atoms with E-state index in [0.717, 1.165) is 23.6 Å². The Balaban J connectivity index is 1.82. The lowest BCUT2D eigenvalue weighted by Gasteiger charge is -2.25. The lowest BCUT2D eigenvalue weighted by Crippen LogP contribution is -2.27. The minimum atomic E-state index is 0.261. The molecule has 1 atom stereocenters. The summed E-state index contributed by atoms with van der Waals surface area (Å²) < 4.78 is 0. The zero-order chi connectivity index (χ0) is 16.2. The van der Waals surface area contributed by atoms with Crippen molar-refractivity contribution in [3.8, 4) is 0 Å². The smallest absolute Gasteiger partial charge is 0.180 e. The lowest BCUT2D eigenvalue weighted by atomic mass is 10.1. The summed E-state index contributed by atoms with van der Waals surface area (Å²) in [6.45, 7) is 2.72. The Labute approximate surface area is 136 Å². The van der Waals surface area contributed by atoms with E-state index in [9.17, 15) is 0 Å². The first kappa shape index (κ1) is 15.4. The summed E-state index contributed by atoms with van der Waals surface area (Å²) in [5.41, 5.74) is 3.65. The van der Waals surface area contributed by atoms with Crippen molar-refractivity contribution in [2.24, 2.45) is 0 Å². The van der Waals surface area contributed by atoms with E-state index in [0.29, 0.717) is 5.65 Å². The number of likely N-dealkylation sites (N-methyl/N-ethyl adjacent to an activating group) is 1. The van der Waals surface area contributed by atoms with E-state index in [4.69, 9.17) is 0 Å². The van der Waals surface area contributed by atoms with E-state index in [-0.39, 0.29) is 6.04 Å². The number of benzene rings is 1. The zero-order valence-electron chi connectivity index (χ0n) is 13.7. The Kier molecular flexibility index (Phi) is 4.48. The van der Waals surface area contributed by atoms with Gasteiger partial charge < -0.3 is 10.2 Å². The summed E-state index contributed by atoms with van der Waals surface area (Å²) in [4.78, 5) is 15.6. The second-order valence-electron chi connectivity index (χ2n) is 5.77. The number of pyridine rings is 1. The molecule has 5 nitrogen and oxygen atoms in total. The van der Waals surface area contributed by atoms with E-state index in [1.807, 2.05) is 25.1 Å². The molecule has 2 aromatic heterocycles. The first-order valence-corrected chi connectivity index (χ1v) is 7.70. The van der Waals surface area contributed by atoms with Crippen LogP contribution in [-0.4, -0.2) is 40.5 Å². The molecular weight excluding hydrogens is 286 g/mol. The Morgan fingerprint density at radius 3 is 2.57 bits per heavy atom. The van der Waals surface area contributed by atoms with Gasteiger partial charge in [-0.2, -0.15) is 0 Å². The van der Waals surface area contributed by atoms with Gasteiger partial charge in [0.25, 0.3) is 0 Å². The average molecular weight is 307 g/mol. The first-order chi connectivity index (χ1) is 11.1. The molecule has 3 aromatic rings. The molecule has 0 fully saturated rings. The number of nitrogens with one attached hydrogen (secondary N) is 1. The minimum Gasteiger partial charge on any atom is -0.367 e. The van der Waals surface area contributed by atoms with Gasteiger partial charge in [0.1, 0.15) is 11.3 Å². The number of rotatable bonds is 5. The van der Waals surface area contributed by atoms with Crippen LogP contribution in [0.4, 0.5) is 5.82 Å². The van der Waals surface area contributed by atoms with Crippen molar-refractivity contribution >= 4 is 17.0 Å². The van der Waals surface area contributed by atoms with Crippen molar-refractivity contribution in [1.29, 1.82) is 0 Å². The van der Waals surface area contributed by atoms with Gasteiger partial charge in [-0.15, -0.1) is 0 Å². The van der Waals surface area contributed by atoms with Gasteiger partial charge in [-0.25, -0.2) is 15.0 Å². The van der Waals surface area contributed by atoms with Crippen molar-refractivity contribution in [3.63, 3.8) is 0 Å². The third-order valence-corrected chi connectivity index (χ3v) is 3.89. The predicted octanol–water partition coefficient (Wildman–Crippen LogP) is 3.05. The zero-order valence-corrected chi connectivity index (χ0v) is 13.7. The quantitative estimate of drug-likeness (QED) is 0.785. The molecule has 0 aliphatic heterocycles. The SMILES string of the molecule is Cc1nc2cccnc2nc1NCC(c1ccccc1)N(C)C. The monoisotopic (exact) mass is 307 g/mol. The number of anilines is 1. The van der Waals surface area contributed by atoms with E-state index >= 15 is 0 Å².